The summed E-state index contributed by atoms with van der Waals surface area (Å²) in [6.07, 6.45) is 0. The third-order valence-corrected chi connectivity index (χ3v) is 1.53. The third-order valence-electron chi connectivity index (χ3n) is 1.53. The Balaban J connectivity index is 2.41. The Morgan fingerprint density at radius 1 is 1.00 bits per heavy atom. The topological polar surface area (TPSA) is 148 Å². The van der Waals surface area contributed by atoms with Crippen molar-refractivity contribution in [3.63, 3.8) is 0 Å². The molecule has 11 nitrogen and oxygen atoms in total. The fourth-order valence-electron chi connectivity index (χ4n) is 0.982. The summed E-state index contributed by atoms with van der Waals surface area (Å²) in [5.41, 5.74) is 1.43. The zero-order valence-electron chi connectivity index (χ0n) is 6.82. The molecule has 76 valence electrons. The Labute approximate surface area is 80.2 Å². The van der Waals surface area contributed by atoms with Crippen LogP contribution in [0.25, 0.3) is 0 Å². The minimum atomic E-state index is -0.871. The first kappa shape index (κ1) is 8.86. The molecule has 0 unspecified atom stereocenters. The predicted molar refractivity (Wildman–Crippen MR) is 40.9 cm³/mol. The number of nitrogens with zero attached hydrogens (tertiary/aromatic N) is 6. The number of hydrogen-bond donors (Lipinski definition) is 1. The van der Waals surface area contributed by atoms with E-state index in [0.29, 0.717) is 0 Å². The lowest BCUT2D eigenvalue weighted by Crippen LogP contribution is -2.19. The van der Waals surface area contributed by atoms with Crippen LogP contribution in [0.15, 0.2) is 43.5 Å². The molecule has 0 amide bonds. The summed E-state index contributed by atoms with van der Waals surface area (Å²) in [7, 11) is 0. The van der Waals surface area contributed by atoms with Crippen LogP contribution in [0.2, 0.25) is 0 Å². The van der Waals surface area contributed by atoms with E-state index in [1.807, 2.05) is 0 Å². The molecule has 0 saturated heterocycles. The number of hydrazine groups is 1. The number of nitro groups is 2. The Kier molecular flexibility index (Phi) is 1.71. The van der Waals surface area contributed by atoms with Crippen LogP contribution in [0.5, 0.6) is 0 Å². The van der Waals surface area contributed by atoms with E-state index in [-0.39, 0.29) is 17.2 Å². The molecular weight excluding hydrogens is 210 g/mol. The average Bonchev–Trinajstić information content (AvgIpc) is 2.66. The highest BCUT2D eigenvalue weighted by atomic mass is 16.7. The molecule has 11 heteroatoms. The zero-order valence-corrected chi connectivity index (χ0v) is 6.82. The van der Waals surface area contributed by atoms with Gasteiger partial charge in [0.15, 0.2) is 10.7 Å². The lowest BCUT2D eigenvalue weighted by atomic mass is 10.3. The van der Waals surface area contributed by atoms with E-state index < -0.39 is 15.8 Å². The first-order valence-corrected chi connectivity index (χ1v) is 3.47. The number of hydrogen-bond acceptors (Lipinski definition) is 8. The maximum Gasteiger partial charge on any atom is 0.420 e. The van der Waals surface area contributed by atoms with Crippen LogP contribution in [-0.4, -0.2) is 9.96 Å². The van der Waals surface area contributed by atoms with Gasteiger partial charge in [0, 0.05) is 0 Å². The number of fused-ring (bicyclic) bond motifs is 1. The normalized spacial score (nSPS) is 17.3. The van der Waals surface area contributed by atoms with Gasteiger partial charge >= 0.3 is 5.82 Å². The van der Waals surface area contributed by atoms with Crippen LogP contribution in [0, 0.1) is 20.2 Å². The third kappa shape index (κ3) is 1.31. The van der Waals surface area contributed by atoms with Crippen molar-refractivity contribution in [2.75, 3.05) is 0 Å². The number of rotatable bonds is 3. The van der Waals surface area contributed by atoms with Crippen molar-refractivity contribution in [2.45, 2.75) is 0 Å². The van der Waals surface area contributed by atoms with Crippen molar-refractivity contribution in [1.82, 2.24) is 5.43 Å². The Hall–Kier alpha value is -2.72. The molecule has 0 aliphatic carbocycles. The molecule has 0 spiro atoms. The van der Waals surface area contributed by atoms with E-state index >= 15 is 0 Å². The molecule has 0 aromatic rings. The molecule has 0 fully saturated rings. The van der Waals surface area contributed by atoms with Crippen LogP contribution in [0.1, 0.15) is 0 Å². The Bertz CT molecular complexity index is 485. The van der Waals surface area contributed by atoms with Gasteiger partial charge in [-0.1, -0.05) is 5.43 Å². The summed E-state index contributed by atoms with van der Waals surface area (Å²) in [6.45, 7) is 0. The molecule has 2 aliphatic heterocycles. The van der Waals surface area contributed by atoms with Crippen molar-refractivity contribution >= 4 is 0 Å². The van der Waals surface area contributed by atoms with E-state index in [9.17, 15) is 20.2 Å². The molecule has 0 bridgehead atoms. The Morgan fingerprint density at radius 3 is 2.27 bits per heavy atom. The van der Waals surface area contributed by atoms with Crippen LogP contribution in [0.4, 0.5) is 0 Å². The van der Waals surface area contributed by atoms with Crippen molar-refractivity contribution in [3.8, 4) is 0 Å². The van der Waals surface area contributed by atoms with Crippen molar-refractivity contribution in [1.29, 1.82) is 0 Å². The summed E-state index contributed by atoms with van der Waals surface area (Å²) in [4.78, 5) is 19.7. The lowest BCUT2D eigenvalue weighted by molar-refractivity contribution is -0.535. The van der Waals surface area contributed by atoms with Gasteiger partial charge in [-0.05, 0) is 10.0 Å². The molecule has 0 radical (unpaired) electrons. The van der Waals surface area contributed by atoms with Crippen molar-refractivity contribution in [3.05, 3.63) is 43.3 Å². The maximum atomic E-state index is 10.4. The van der Waals surface area contributed by atoms with Gasteiger partial charge in [-0.25, -0.2) is 10.1 Å². The fourth-order valence-corrected chi connectivity index (χ4v) is 0.982. The molecule has 0 aromatic heterocycles. The molecule has 0 saturated carbocycles. The zero-order chi connectivity index (χ0) is 11.0. The smallest absolute Gasteiger partial charge is 0.358 e. The van der Waals surface area contributed by atoms with Crippen LogP contribution >= 0.6 is 0 Å². The Morgan fingerprint density at radius 2 is 1.67 bits per heavy atom. The highest BCUT2D eigenvalue weighted by Crippen LogP contribution is 2.33. The monoisotopic (exact) mass is 211 g/mol. The van der Waals surface area contributed by atoms with Gasteiger partial charge in [0.05, 0.1) is 5.11 Å². The average molecular weight is 211 g/mol. The first-order chi connectivity index (χ1) is 7.09. The number of nitrogens with one attached hydrogen (secondary N) is 1. The molecule has 2 heterocycles. The molecule has 2 aliphatic rings. The molecule has 1 N–H and O–H groups in total. The highest BCUT2D eigenvalue weighted by Gasteiger charge is 2.37. The minimum Gasteiger partial charge on any atom is -0.358 e. The minimum absolute atomic E-state index is 0.0987. The van der Waals surface area contributed by atoms with E-state index in [1.165, 1.54) is 0 Å². The summed E-state index contributed by atoms with van der Waals surface area (Å²) < 4.78 is 0. The summed E-state index contributed by atoms with van der Waals surface area (Å²) >= 11 is 0. The molecule has 0 aromatic carbocycles. The van der Waals surface area contributed by atoms with Crippen molar-refractivity contribution in [2.24, 2.45) is 20.5 Å². The predicted octanol–water partition coefficient (Wildman–Crippen LogP) is 0.314. The summed E-state index contributed by atoms with van der Waals surface area (Å²) in [5, 5.41) is 32.9. The quantitative estimate of drug-likeness (QED) is 0.526. The van der Waals surface area contributed by atoms with E-state index in [1.54, 1.807) is 5.43 Å². The number of azo groups is 2. The van der Waals surface area contributed by atoms with Crippen LogP contribution in [0.3, 0.4) is 0 Å². The van der Waals surface area contributed by atoms with Gasteiger partial charge < -0.3 is 10.1 Å². The van der Waals surface area contributed by atoms with Gasteiger partial charge in [0.25, 0.3) is 0 Å². The van der Waals surface area contributed by atoms with Gasteiger partial charge in [-0.3, -0.25) is 0 Å². The van der Waals surface area contributed by atoms with Crippen LogP contribution < -0.4 is 5.43 Å². The molecule has 15 heavy (non-hydrogen) atoms. The first-order valence-electron chi connectivity index (χ1n) is 3.47. The largest absolute Gasteiger partial charge is 0.420 e. The van der Waals surface area contributed by atoms with Gasteiger partial charge in [0.1, 0.15) is 0 Å². The molecule has 0 atom stereocenters. The SMILES string of the molecule is O=[N+]([O-])NC1=C2N=NC([N+](=O)[O-])=C2N=N1. The van der Waals surface area contributed by atoms with Crippen LogP contribution in [-0.2, 0) is 0 Å². The van der Waals surface area contributed by atoms with Crippen molar-refractivity contribution < 1.29 is 9.96 Å². The van der Waals surface area contributed by atoms with Gasteiger partial charge in [-0.15, -0.1) is 10.2 Å². The summed E-state index contributed by atoms with van der Waals surface area (Å²) in [6, 6.07) is 0. The second kappa shape index (κ2) is 2.90. The second-order valence-corrected chi connectivity index (χ2v) is 2.40. The lowest BCUT2D eigenvalue weighted by Gasteiger charge is -1.89. The fraction of sp³-hybridized carbons (Fsp3) is 0. The van der Waals surface area contributed by atoms with E-state index in [4.69, 9.17) is 0 Å². The highest BCUT2D eigenvalue weighted by molar-refractivity contribution is 5.39. The van der Waals surface area contributed by atoms with Gasteiger partial charge in [-0.2, -0.15) is 0 Å². The summed E-state index contributed by atoms with van der Waals surface area (Å²) in [5.74, 6) is -0.843. The molecular formula is C4HN7O4. The maximum absolute atomic E-state index is 10.4. The standard InChI is InChI=1S/C4HN7O4/c12-10(13)4-2-1(5-8-4)3(7-6-2)9-11(14)15/h(H,7,9). The van der Waals surface area contributed by atoms with E-state index in [0.717, 1.165) is 0 Å². The molecule has 2 rings (SSSR count). The second-order valence-electron chi connectivity index (χ2n) is 2.40. The van der Waals surface area contributed by atoms with Gasteiger partial charge in [0.2, 0.25) is 11.5 Å². The van der Waals surface area contributed by atoms with E-state index in [2.05, 4.69) is 20.5 Å².